The number of benzene rings is 2. The highest BCUT2D eigenvalue weighted by Gasteiger charge is 2.36. The molecule has 1 saturated heterocycles. The number of carboxylic acid groups (broad SMARTS) is 1. The van der Waals surface area contributed by atoms with E-state index in [0.717, 1.165) is 6.07 Å². The summed E-state index contributed by atoms with van der Waals surface area (Å²) in [5.74, 6) is -1.24. The van der Waals surface area contributed by atoms with Crippen molar-refractivity contribution in [1.82, 2.24) is 4.98 Å². The number of aliphatic carboxylic acids is 1. The third-order valence-electron chi connectivity index (χ3n) is 8.50. The molecule has 4 rings (SSSR count). The molecule has 0 saturated carbocycles. The van der Waals surface area contributed by atoms with E-state index in [1.165, 1.54) is 47.4 Å². The van der Waals surface area contributed by atoms with E-state index in [-0.39, 0.29) is 49.4 Å². The average Bonchev–Trinajstić information content (AvgIpc) is 3.57. The average molecular weight is 829 g/mol. The van der Waals surface area contributed by atoms with Gasteiger partial charge in [-0.2, -0.15) is 13.2 Å². The van der Waals surface area contributed by atoms with Crippen LogP contribution in [0.25, 0.3) is 22.0 Å². The van der Waals surface area contributed by atoms with E-state index in [9.17, 15) is 32.7 Å². The molecule has 1 fully saturated rings. The van der Waals surface area contributed by atoms with Crippen LogP contribution in [0.15, 0.2) is 53.3 Å². The minimum Gasteiger partial charge on any atom is -0.479 e. The number of cyclic esters (lactones) is 1. The first kappa shape index (κ1) is 46.5. The number of pyridine rings is 1. The van der Waals surface area contributed by atoms with E-state index in [4.69, 9.17) is 47.4 Å². The molecule has 58 heavy (non-hydrogen) atoms. The highest BCUT2D eigenvalue weighted by Crippen LogP contribution is 2.37. The molecule has 322 valence electrons. The number of amides is 1. The van der Waals surface area contributed by atoms with Crippen LogP contribution >= 0.6 is 0 Å². The van der Waals surface area contributed by atoms with Gasteiger partial charge in [0, 0.05) is 35.9 Å². The first-order chi connectivity index (χ1) is 28.1. The predicted octanol–water partition coefficient (Wildman–Crippen LogP) is 4.16. The summed E-state index contributed by atoms with van der Waals surface area (Å²) in [6.45, 7) is 6.15. The molecule has 1 aliphatic rings. The van der Waals surface area contributed by atoms with Gasteiger partial charge < -0.3 is 57.5 Å². The van der Waals surface area contributed by atoms with Crippen LogP contribution in [0.1, 0.15) is 12.0 Å². The van der Waals surface area contributed by atoms with Gasteiger partial charge in [-0.05, 0) is 29.7 Å². The molecule has 0 radical (unpaired) electrons. The number of hydrogen-bond donors (Lipinski definition) is 2. The number of nitrogens with zero attached hydrogens (tertiary/aromatic N) is 1. The second kappa shape index (κ2) is 25.3. The molecule has 1 unspecified atom stereocenters. The Labute approximate surface area is 333 Å². The van der Waals surface area contributed by atoms with Gasteiger partial charge in [0.15, 0.2) is 6.10 Å². The van der Waals surface area contributed by atoms with Gasteiger partial charge in [0.05, 0.1) is 118 Å². The molecular formula is C39H51F3N2O14. The molecule has 0 spiro atoms. The van der Waals surface area contributed by atoms with Crippen molar-refractivity contribution in [2.24, 2.45) is 0 Å². The second-order valence-electron chi connectivity index (χ2n) is 12.7. The van der Waals surface area contributed by atoms with Crippen LogP contribution in [0.4, 0.5) is 23.7 Å². The number of rotatable bonds is 30. The van der Waals surface area contributed by atoms with Crippen LogP contribution < -0.4 is 10.5 Å². The molecule has 2 aromatic carbocycles. The topological polar surface area (TPSA) is 183 Å². The largest absolute Gasteiger partial charge is 0.479 e. The van der Waals surface area contributed by atoms with E-state index in [1.807, 2.05) is 0 Å². The minimum atomic E-state index is -4.63. The number of anilines is 1. The first-order valence-electron chi connectivity index (χ1n) is 18.8. The summed E-state index contributed by atoms with van der Waals surface area (Å²) >= 11 is 0. The molecule has 1 aliphatic heterocycles. The van der Waals surface area contributed by atoms with Crippen molar-refractivity contribution in [3.8, 4) is 11.3 Å². The number of aromatic amines is 1. The lowest BCUT2D eigenvalue weighted by Crippen LogP contribution is -2.32. The monoisotopic (exact) mass is 828 g/mol. The second-order valence-corrected chi connectivity index (χ2v) is 12.7. The maximum absolute atomic E-state index is 13.6. The van der Waals surface area contributed by atoms with Crippen molar-refractivity contribution in [3.05, 3.63) is 64.4 Å². The number of alkyl halides is 3. The van der Waals surface area contributed by atoms with Crippen molar-refractivity contribution < 1.29 is 75.2 Å². The van der Waals surface area contributed by atoms with Crippen molar-refractivity contribution in [2.75, 3.05) is 124 Å². The minimum absolute atomic E-state index is 0.00880. The molecule has 3 aromatic rings. The van der Waals surface area contributed by atoms with Crippen molar-refractivity contribution in [1.29, 1.82) is 0 Å². The number of carbonyl (C=O) groups excluding carboxylic acids is 1. The van der Waals surface area contributed by atoms with Crippen molar-refractivity contribution >= 4 is 28.5 Å². The van der Waals surface area contributed by atoms with Crippen LogP contribution in [-0.4, -0.2) is 154 Å². The Hall–Kier alpha value is -4.18. The van der Waals surface area contributed by atoms with Crippen molar-refractivity contribution in [3.63, 3.8) is 0 Å². The van der Waals surface area contributed by atoms with Gasteiger partial charge in [0.2, 0.25) is 0 Å². The normalized spacial score (nSPS) is 15.0. The van der Waals surface area contributed by atoms with E-state index in [1.54, 1.807) is 7.11 Å². The summed E-state index contributed by atoms with van der Waals surface area (Å²) in [7, 11) is 1.62. The molecule has 16 nitrogen and oxygen atoms in total. The van der Waals surface area contributed by atoms with Gasteiger partial charge in [-0.25, -0.2) is 9.59 Å². The van der Waals surface area contributed by atoms with Crippen LogP contribution in [0.5, 0.6) is 0 Å². The summed E-state index contributed by atoms with van der Waals surface area (Å²) in [5.41, 5.74) is -1.43. The molecule has 2 heterocycles. The molecule has 19 heteroatoms. The Morgan fingerprint density at radius 3 is 1.81 bits per heavy atom. The summed E-state index contributed by atoms with van der Waals surface area (Å²) in [6.07, 6.45) is -7.64. The Kier molecular flexibility index (Phi) is 20.3. The lowest BCUT2D eigenvalue weighted by Gasteiger charge is -2.17. The standard InChI is InChI=1S/C39H51F3N2O14/c1-49-8-9-50-10-11-51-12-13-52-14-15-53-16-17-54-18-19-55-20-21-56-22-23-57-35(37(46)47)26-30-27-44(38(48)58-30)29-7-6-28-24-34(43-36(45)32(28)25-29)31-4-2-3-5-33(31)39(40,41)42/h2-7,24-25,30,35H,8-23,26-27H2,1H3,(H,43,45)(H,46,47)/t30-,35?/m0/s1. The maximum Gasteiger partial charge on any atom is 0.417 e. The number of hydrogen-bond acceptors (Lipinski definition) is 13. The van der Waals surface area contributed by atoms with Gasteiger partial charge in [-0.1, -0.05) is 24.3 Å². The number of carbonyl (C=O) groups is 2. The number of H-pyrrole nitrogens is 1. The number of halogens is 3. The smallest absolute Gasteiger partial charge is 0.417 e. The van der Waals surface area contributed by atoms with Gasteiger partial charge >= 0.3 is 18.2 Å². The third-order valence-corrected chi connectivity index (χ3v) is 8.50. The zero-order chi connectivity index (χ0) is 41.6. The number of carboxylic acids is 1. The number of nitrogens with one attached hydrogen (secondary N) is 1. The predicted molar refractivity (Wildman–Crippen MR) is 202 cm³/mol. The van der Waals surface area contributed by atoms with Gasteiger partial charge in [-0.3, -0.25) is 9.69 Å². The van der Waals surface area contributed by atoms with E-state index in [2.05, 4.69) is 4.98 Å². The van der Waals surface area contributed by atoms with Crippen LogP contribution in [-0.2, 0) is 58.3 Å². The fraction of sp³-hybridized carbons (Fsp3) is 0.564. The number of ether oxygens (including phenoxy) is 10. The first-order valence-corrected chi connectivity index (χ1v) is 18.8. The van der Waals surface area contributed by atoms with Crippen LogP contribution in [0.2, 0.25) is 0 Å². The third kappa shape index (κ3) is 15.9. The highest BCUT2D eigenvalue weighted by atomic mass is 19.4. The van der Waals surface area contributed by atoms with E-state index >= 15 is 0 Å². The van der Waals surface area contributed by atoms with Gasteiger partial charge in [-0.15, -0.1) is 0 Å². The number of aromatic nitrogens is 1. The lowest BCUT2D eigenvalue weighted by atomic mass is 10.0. The summed E-state index contributed by atoms with van der Waals surface area (Å²) < 4.78 is 94.5. The quantitative estimate of drug-likeness (QED) is 0.0914. The van der Waals surface area contributed by atoms with E-state index in [0.29, 0.717) is 97.0 Å². The Balaban J connectivity index is 1.05. The summed E-state index contributed by atoms with van der Waals surface area (Å²) in [4.78, 5) is 41.4. The zero-order valence-electron chi connectivity index (χ0n) is 32.3. The molecule has 2 N–H and O–H groups in total. The Morgan fingerprint density at radius 1 is 0.776 bits per heavy atom. The fourth-order valence-corrected chi connectivity index (χ4v) is 5.67. The van der Waals surface area contributed by atoms with Gasteiger partial charge in [0.25, 0.3) is 5.56 Å². The number of methoxy groups -OCH3 is 1. The highest BCUT2D eigenvalue weighted by molar-refractivity contribution is 5.95. The number of fused-ring (bicyclic) bond motifs is 1. The molecular weight excluding hydrogens is 777 g/mol. The molecule has 0 aliphatic carbocycles. The maximum atomic E-state index is 13.6. The fourth-order valence-electron chi connectivity index (χ4n) is 5.67. The Morgan fingerprint density at radius 2 is 1.29 bits per heavy atom. The zero-order valence-corrected chi connectivity index (χ0v) is 32.3. The SMILES string of the molecule is COCCOCCOCCOCCOCCOCCOCCOCCOC(C[C@H]1CN(c2ccc3cc(-c4ccccc4C(F)(F)F)[nH]c(=O)c3c2)C(=O)O1)C(=O)O. The molecule has 0 bridgehead atoms. The molecule has 1 aromatic heterocycles. The van der Waals surface area contributed by atoms with Crippen LogP contribution in [0.3, 0.4) is 0 Å². The summed E-state index contributed by atoms with van der Waals surface area (Å²) in [6, 6.07) is 10.8. The Bertz CT molecular complexity index is 1740. The lowest BCUT2D eigenvalue weighted by molar-refractivity contribution is -0.153. The summed E-state index contributed by atoms with van der Waals surface area (Å²) in [5, 5.41) is 10.2. The molecule has 1 amide bonds. The van der Waals surface area contributed by atoms with Gasteiger partial charge in [0.1, 0.15) is 6.10 Å². The molecule has 2 atom stereocenters. The van der Waals surface area contributed by atoms with Crippen LogP contribution in [0, 0.1) is 0 Å². The van der Waals surface area contributed by atoms with E-state index < -0.39 is 41.6 Å². The van der Waals surface area contributed by atoms with Crippen molar-refractivity contribution in [2.45, 2.75) is 24.8 Å².